The molecule has 2 aromatic carbocycles. The molecule has 4 aromatic rings. The topological polar surface area (TPSA) is 131 Å². The summed E-state index contributed by atoms with van der Waals surface area (Å²) in [4.78, 5) is 32.4. The first-order chi connectivity index (χ1) is 18.3. The van der Waals surface area contributed by atoms with Crippen LogP contribution < -0.4 is 16.5 Å². The molecule has 0 amide bonds. The molecule has 13 heteroatoms. The number of carboxylic acids is 1. The van der Waals surface area contributed by atoms with Gasteiger partial charge in [-0.1, -0.05) is 23.2 Å². The fraction of sp³-hybridized carbons (Fsp3) is 0.154. The van der Waals surface area contributed by atoms with Gasteiger partial charge >= 0.3 is 12.1 Å². The molecule has 1 atom stereocenters. The van der Waals surface area contributed by atoms with Crippen molar-refractivity contribution < 1.29 is 27.5 Å². The second kappa shape index (κ2) is 10.6. The van der Waals surface area contributed by atoms with E-state index in [9.17, 15) is 27.9 Å². The van der Waals surface area contributed by atoms with Gasteiger partial charge in [-0.05, 0) is 43.3 Å². The van der Waals surface area contributed by atoms with E-state index in [1.165, 1.54) is 38.4 Å². The quantitative estimate of drug-likeness (QED) is 0.132. The molecule has 0 aliphatic heterocycles. The van der Waals surface area contributed by atoms with Crippen LogP contribution in [0.25, 0.3) is 22.3 Å². The average Bonchev–Trinajstić information content (AvgIpc) is 2.86. The van der Waals surface area contributed by atoms with Gasteiger partial charge in [-0.25, -0.2) is 9.78 Å². The van der Waals surface area contributed by atoms with Gasteiger partial charge in [-0.15, -0.1) is 0 Å². The predicted molar refractivity (Wildman–Crippen MR) is 144 cm³/mol. The first kappa shape index (κ1) is 27.9. The fourth-order valence-corrected chi connectivity index (χ4v) is 4.34. The predicted octanol–water partition coefficient (Wildman–Crippen LogP) is 6.68. The summed E-state index contributed by atoms with van der Waals surface area (Å²) in [6.07, 6.45) is -3.32. The molecule has 2 aromatic heterocycles. The number of hydrogen-bond acceptors (Lipinski definition) is 7. The molecule has 4 N–H and O–H groups in total. The van der Waals surface area contributed by atoms with Gasteiger partial charge < -0.3 is 20.6 Å². The summed E-state index contributed by atoms with van der Waals surface area (Å²) in [7, 11) is 1.53. The number of benzene rings is 2. The van der Waals surface area contributed by atoms with E-state index < -0.39 is 34.9 Å². The highest BCUT2D eigenvalue weighted by molar-refractivity contribution is 6.34. The third-order valence-corrected chi connectivity index (χ3v) is 6.32. The second-order valence-corrected chi connectivity index (χ2v) is 9.26. The van der Waals surface area contributed by atoms with Gasteiger partial charge in [0, 0.05) is 36.0 Å². The van der Waals surface area contributed by atoms with Crippen LogP contribution in [0.15, 0.2) is 56.7 Å². The highest BCUT2D eigenvalue weighted by Crippen LogP contribution is 2.38. The lowest BCUT2D eigenvalue weighted by Crippen LogP contribution is -2.15. The zero-order valence-corrected chi connectivity index (χ0v) is 21.7. The zero-order chi connectivity index (χ0) is 28.6. The number of aromatic carboxylic acids is 1. The van der Waals surface area contributed by atoms with Crippen molar-refractivity contribution in [1.29, 1.82) is 0 Å². The first-order valence-electron chi connectivity index (χ1n) is 11.2. The third kappa shape index (κ3) is 5.69. The molecule has 0 fully saturated rings. The van der Waals surface area contributed by atoms with Crippen molar-refractivity contribution in [3.63, 3.8) is 0 Å². The summed E-state index contributed by atoms with van der Waals surface area (Å²) in [5.41, 5.74) is 4.57. The van der Waals surface area contributed by atoms with Crippen LogP contribution in [0.1, 0.15) is 40.1 Å². The number of nitrogens with two attached hydrogens (primary N) is 1. The Morgan fingerprint density at radius 2 is 1.92 bits per heavy atom. The van der Waals surface area contributed by atoms with Crippen LogP contribution >= 0.6 is 23.2 Å². The maximum absolute atomic E-state index is 13.8. The summed E-state index contributed by atoms with van der Waals surface area (Å²) in [5, 5.41) is 12.1. The lowest BCUT2D eigenvalue weighted by molar-refractivity contribution is -0.137. The molecule has 0 saturated carbocycles. The molecule has 8 nitrogen and oxygen atoms in total. The molecule has 0 bridgehead atoms. The largest absolute Gasteiger partial charge is 0.476 e. The summed E-state index contributed by atoms with van der Waals surface area (Å²) >= 11 is 12.1. The summed E-state index contributed by atoms with van der Waals surface area (Å²) in [6.45, 7) is 1.48. The van der Waals surface area contributed by atoms with Crippen molar-refractivity contribution in [3.8, 4) is 11.3 Å². The highest BCUT2D eigenvalue weighted by atomic mass is 35.5. The molecule has 0 spiro atoms. The van der Waals surface area contributed by atoms with Crippen LogP contribution in [0.2, 0.25) is 10.2 Å². The number of rotatable bonds is 6. The molecule has 202 valence electrons. The van der Waals surface area contributed by atoms with Crippen molar-refractivity contribution >= 4 is 57.7 Å². The minimum absolute atomic E-state index is 0.00252. The molecule has 1 unspecified atom stereocenters. The Morgan fingerprint density at radius 1 is 1.21 bits per heavy atom. The number of nitrogen functional groups attached to an aromatic ring is 1. The summed E-state index contributed by atoms with van der Waals surface area (Å²) in [5.74, 6) is -1.38. The number of carboxylic acid groups (broad SMARTS) is 1. The van der Waals surface area contributed by atoms with Crippen molar-refractivity contribution in [2.75, 3.05) is 18.1 Å². The zero-order valence-electron chi connectivity index (χ0n) is 20.2. The number of halogens is 5. The lowest BCUT2D eigenvalue weighted by atomic mass is 9.99. The van der Waals surface area contributed by atoms with Crippen molar-refractivity contribution in [3.05, 3.63) is 85.2 Å². The van der Waals surface area contributed by atoms with Crippen LogP contribution in [0.3, 0.4) is 0 Å². The number of alkyl halides is 3. The maximum atomic E-state index is 13.8. The summed E-state index contributed by atoms with van der Waals surface area (Å²) in [6, 6.07) is 7.31. The van der Waals surface area contributed by atoms with Crippen LogP contribution in [-0.2, 0) is 6.18 Å². The minimum atomic E-state index is -4.78. The Morgan fingerprint density at radius 3 is 2.56 bits per heavy atom. The molecule has 2 heterocycles. The molecule has 0 radical (unpaired) electrons. The average molecular weight is 579 g/mol. The Hall–Kier alpha value is -4.09. The number of pyridine rings is 1. The highest BCUT2D eigenvalue weighted by Gasteiger charge is 2.33. The van der Waals surface area contributed by atoms with Gasteiger partial charge in [-0.3, -0.25) is 9.79 Å². The van der Waals surface area contributed by atoms with Gasteiger partial charge in [-0.2, -0.15) is 13.2 Å². The number of carbonyl (C=O) groups is 1. The number of anilines is 2. The molecule has 39 heavy (non-hydrogen) atoms. The number of fused-ring (bicyclic) bond motifs is 1. The Balaban J connectivity index is 1.95. The Kier molecular flexibility index (Phi) is 7.58. The van der Waals surface area contributed by atoms with E-state index in [0.29, 0.717) is 17.2 Å². The SMILES string of the molecule is CN=Cc1cc(-c2cc(=O)c3cc(C(F)(F)F)cc(C(C)Nc4ccc(Cl)nc4C(=O)O)c3o2)cc(Cl)c1N. The molecule has 0 saturated heterocycles. The summed E-state index contributed by atoms with van der Waals surface area (Å²) < 4.78 is 47.4. The second-order valence-electron chi connectivity index (χ2n) is 8.46. The first-order valence-corrected chi connectivity index (χ1v) is 11.9. The van der Waals surface area contributed by atoms with E-state index in [0.717, 1.165) is 12.1 Å². The van der Waals surface area contributed by atoms with Crippen molar-refractivity contribution in [1.82, 2.24) is 4.98 Å². The fourth-order valence-electron chi connectivity index (χ4n) is 3.97. The maximum Gasteiger partial charge on any atom is 0.416 e. The van der Waals surface area contributed by atoms with Crippen molar-refractivity contribution in [2.24, 2.45) is 4.99 Å². The van der Waals surface area contributed by atoms with Crippen LogP contribution in [0.4, 0.5) is 24.5 Å². The van der Waals surface area contributed by atoms with E-state index in [1.54, 1.807) is 6.07 Å². The van der Waals surface area contributed by atoms with E-state index >= 15 is 0 Å². The van der Waals surface area contributed by atoms with E-state index in [-0.39, 0.29) is 43.8 Å². The number of aromatic nitrogens is 1. The number of aliphatic imine (C=N–C) groups is 1. The normalized spacial score (nSPS) is 12.7. The molecule has 0 aliphatic rings. The van der Waals surface area contributed by atoms with Crippen LogP contribution in [0.5, 0.6) is 0 Å². The van der Waals surface area contributed by atoms with E-state index in [4.69, 9.17) is 33.4 Å². The van der Waals surface area contributed by atoms with Crippen LogP contribution in [-0.4, -0.2) is 29.3 Å². The van der Waals surface area contributed by atoms with Gasteiger partial charge in [0.05, 0.1) is 33.4 Å². The monoisotopic (exact) mass is 578 g/mol. The Bertz CT molecular complexity index is 1700. The molecule has 4 rings (SSSR count). The van der Waals surface area contributed by atoms with Gasteiger partial charge in [0.15, 0.2) is 11.1 Å². The molecule has 0 aliphatic carbocycles. The van der Waals surface area contributed by atoms with Crippen LogP contribution in [0, 0.1) is 0 Å². The van der Waals surface area contributed by atoms with E-state index in [2.05, 4.69) is 15.3 Å². The van der Waals surface area contributed by atoms with Crippen molar-refractivity contribution in [2.45, 2.75) is 19.1 Å². The molecular formula is C26H19Cl2F3N4O4. The van der Waals surface area contributed by atoms with E-state index in [1.807, 2.05) is 0 Å². The molecular weight excluding hydrogens is 560 g/mol. The lowest BCUT2D eigenvalue weighted by Gasteiger charge is -2.20. The minimum Gasteiger partial charge on any atom is -0.476 e. The smallest absolute Gasteiger partial charge is 0.416 e. The third-order valence-electron chi connectivity index (χ3n) is 5.80. The Labute approximate surface area is 228 Å². The standard InChI is InChI=1S/C26H19Cl2F3N4O4/c1-11(34-18-3-4-21(28)35-23(18)25(37)38)15-7-14(26(29,30)31)8-16-19(36)9-20(39-24(15)16)12-5-13(10-33-2)22(32)17(27)6-12/h3-11,34H,32H2,1-2H3,(H,37,38). The number of nitrogens with zero attached hydrogens (tertiary/aromatic N) is 2. The van der Waals surface area contributed by atoms with Gasteiger partial charge in [0.25, 0.3) is 0 Å². The number of hydrogen-bond donors (Lipinski definition) is 3. The van der Waals surface area contributed by atoms with Gasteiger partial charge in [0.2, 0.25) is 0 Å². The number of nitrogens with one attached hydrogen (secondary N) is 1. The van der Waals surface area contributed by atoms with Gasteiger partial charge in [0.1, 0.15) is 16.5 Å².